The first-order valence-corrected chi connectivity index (χ1v) is 6.94. The Morgan fingerprint density at radius 3 is 3.05 bits per heavy atom. The van der Waals surface area contributed by atoms with Gasteiger partial charge in [-0.25, -0.2) is 15.0 Å². The van der Waals surface area contributed by atoms with Crippen LogP contribution in [0.3, 0.4) is 0 Å². The zero-order valence-corrected chi connectivity index (χ0v) is 12.4. The Bertz CT molecular complexity index is 672. The number of hydrogen-bond donors (Lipinski definition) is 1. The van der Waals surface area contributed by atoms with Crippen molar-refractivity contribution in [2.24, 2.45) is 13.0 Å². The van der Waals surface area contributed by atoms with Gasteiger partial charge in [-0.2, -0.15) is 0 Å². The first-order chi connectivity index (χ1) is 10.7. The molecule has 1 amide bonds. The Kier molecular flexibility index (Phi) is 4.01. The quantitative estimate of drug-likeness (QED) is 0.903. The van der Waals surface area contributed by atoms with Crippen LogP contribution < -0.4 is 10.1 Å². The maximum atomic E-state index is 12.5. The second-order valence-corrected chi connectivity index (χ2v) is 5.02. The largest absolute Gasteiger partial charge is 0.481 e. The molecule has 1 aliphatic rings. The molecule has 0 unspecified atom stereocenters. The molecule has 8 nitrogen and oxygen atoms in total. The molecule has 0 bridgehead atoms. The molecule has 22 heavy (non-hydrogen) atoms. The van der Waals surface area contributed by atoms with E-state index in [4.69, 9.17) is 9.47 Å². The highest BCUT2D eigenvalue weighted by Gasteiger charge is 2.37. The standard InChI is InChI=1S/C14H17N5O3/c1-19-5-4-15-13(19)12-9(3-6-22-12)14(20)18-10-7-11(21-2)17-8-16-10/h4-5,7-9,12H,3,6H2,1-2H3,(H,16,17,18,20)/t9-,12-/m1/s1. The lowest BCUT2D eigenvalue weighted by Crippen LogP contribution is -2.27. The highest BCUT2D eigenvalue weighted by Crippen LogP contribution is 2.34. The molecular weight excluding hydrogens is 286 g/mol. The summed E-state index contributed by atoms with van der Waals surface area (Å²) in [4.78, 5) is 24.7. The van der Waals surface area contributed by atoms with Crippen molar-refractivity contribution in [2.45, 2.75) is 12.5 Å². The van der Waals surface area contributed by atoms with E-state index in [1.807, 2.05) is 17.8 Å². The van der Waals surface area contributed by atoms with Gasteiger partial charge in [0, 0.05) is 32.1 Å². The van der Waals surface area contributed by atoms with E-state index in [2.05, 4.69) is 20.3 Å². The van der Waals surface area contributed by atoms with E-state index in [-0.39, 0.29) is 17.9 Å². The molecule has 1 aliphatic heterocycles. The van der Waals surface area contributed by atoms with Gasteiger partial charge in [0.15, 0.2) is 0 Å². The summed E-state index contributed by atoms with van der Waals surface area (Å²) in [6.07, 6.45) is 5.17. The Labute approximate surface area is 127 Å². The molecule has 1 N–H and O–H groups in total. The minimum Gasteiger partial charge on any atom is -0.481 e. The summed E-state index contributed by atoms with van der Waals surface area (Å²) in [5, 5.41) is 2.78. The summed E-state index contributed by atoms with van der Waals surface area (Å²) in [5.74, 6) is 1.10. The van der Waals surface area contributed by atoms with Crippen molar-refractivity contribution in [2.75, 3.05) is 19.0 Å². The van der Waals surface area contributed by atoms with E-state index in [0.29, 0.717) is 24.7 Å². The number of nitrogens with zero attached hydrogens (tertiary/aromatic N) is 4. The topological polar surface area (TPSA) is 91.2 Å². The summed E-state index contributed by atoms with van der Waals surface area (Å²) >= 11 is 0. The fourth-order valence-corrected chi connectivity index (χ4v) is 2.50. The molecule has 3 heterocycles. The third kappa shape index (κ3) is 2.77. The zero-order chi connectivity index (χ0) is 15.5. The lowest BCUT2D eigenvalue weighted by molar-refractivity contribution is -0.121. The van der Waals surface area contributed by atoms with Gasteiger partial charge in [0.2, 0.25) is 11.8 Å². The summed E-state index contributed by atoms with van der Waals surface area (Å²) in [6.45, 7) is 0.530. The first kappa shape index (κ1) is 14.5. The Balaban J connectivity index is 1.75. The maximum Gasteiger partial charge on any atom is 0.231 e. The molecule has 0 saturated carbocycles. The van der Waals surface area contributed by atoms with E-state index < -0.39 is 0 Å². The van der Waals surface area contributed by atoms with E-state index >= 15 is 0 Å². The van der Waals surface area contributed by atoms with Crippen molar-refractivity contribution in [1.29, 1.82) is 0 Å². The van der Waals surface area contributed by atoms with Crippen LogP contribution in [0.2, 0.25) is 0 Å². The average molecular weight is 303 g/mol. The highest BCUT2D eigenvalue weighted by molar-refractivity contribution is 5.92. The number of ether oxygens (including phenoxy) is 2. The fraction of sp³-hybridized carbons (Fsp3) is 0.429. The van der Waals surface area contributed by atoms with E-state index in [1.54, 1.807) is 12.3 Å². The summed E-state index contributed by atoms with van der Waals surface area (Å²) < 4.78 is 12.6. The summed E-state index contributed by atoms with van der Waals surface area (Å²) in [5.41, 5.74) is 0. The fourth-order valence-electron chi connectivity index (χ4n) is 2.50. The molecule has 2 atom stereocenters. The molecule has 0 aromatic carbocycles. The number of aryl methyl sites for hydroxylation is 1. The van der Waals surface area contributed by atoms with Crippen LogP contribution in [0.25, 0.3) is 0 Å². The summed E-state index contributed by atoms with van der Waals surface area (Å²) in [7, 11) is 3.39. The van der Waals surface area contributed by atoms with Crippen LogP contribution in [-0.4, -0.2) is 39.1 Å². The van der Waals surface area contributed by atoms with E-state index in [0.717, 1.165) is 5.82 Å². The maximum absolute atomic E-state index is 12.5. The van der Waals surface area contributed by atoms with Crippen molar-refractivity contribution in [3.05, 3.63) is 30.6 Å². The lowest BCUT2D eigenvalue weighted by atomic mass is 10.00. The number of aromatic nitrogens is 4. The van der Waals surface area contributed by atoms with Gasteiger partial charge in [-0.3, -0.25) is 4.79 Å². The van der Waals surface area contributed by atoms with Crippen molar-refractivity contribution in [3.63, 3.8) is 0 Å². The number of carbonyl (C=O) groups excluding carboxylic acids is 1. The Morgan fingerprint density at radius 1 is 1.45 bits per heavy atom. The number of rotatable bonds is 4. The first-order valence-electron chi connectivity index (χ1n) is 6.94. The minimum absolute atomic E-state index is 0.147. The van der Waals surface area contributed by atoms with Gasteiger partial charge < -0.3 is 19.4 Å². The van der Waals surface area contributed by atoms with Crippen LogP contribution in [0.5, 0.6) is 5.88 Å². The van der Waals surface area contributed by atoms with Crippen molar-refractivity contribution in [3.8, 4) is 5.88 Å². The van der Waals surface area contributed by atoms with Gasteiger partial charge in [0.1, 0.15) is 24.1 Å². The van der Waals surface area contributed by atoms with Crippen LogP contribution in [0.1, 0.15) is 18.3 Å². The molecule has 3 rings (SSSR count). The predicted molar refractivity (Wildman–Crippen MR) is 77.2 cm³/mol. The molecule has 2 aromatic heterocycles. The molecule has 116 valence electrons. The van der Waals surface area contributed by atoms with Crippen molar-refractivity contribution < 1.29 is 14.3 Å². The van der Waals surface area contributed by atoms with Crippen molar-refractivity contribution >= 4 is 11.7 Å². The van der Waals surface area contributed by atoms with Crippen LogP contribution >= 0.6 is 0 Å². The number of amides is 1. The lowest BCUT2D eigenvalue weighted by Gasteiger charge is -2.17. The number of carbonyl (C=O) groups is 1. The summed E-state index contributed by atoms with van der Waals surface area (Å²) in [6, 6.07) is 1.57. The second-order valence-electron chi connectivity index (χ2n) is 5.02. The third-order valence-electron chi connectivity index (χ3n) is 3.64. The minimum atomic E-state index is -0.344. The van der Waals surface area contributed by atoms with Gasteiger partial charge in [-0.05, 0) is 6.42 Å². The van der Waals surface area contributed by atoms with Gasteiger partial charge in [-0.15, -0.1) is 0 Å². The number of methoxy groups -OCH3 is 1. The average Bonchev–Trinajstić information content (AvgIpc) is 3.15. The number of anilines is 1. The number of nitrogens with one attached hydrogen (secondary N) is 1. The van der Waals surface area contributed by atoms with Crippen LogP contribution in [-0.2, 0) is 16.6 Å². The number of hydrogen-bond acceptors (Lipinski definition) is 6. The highest BCUT2D eigenvalue weighted by atomic mass is 16.5. The van der Waals surface area contributed by atoms with E-state index in [1.165, 1.54) is 13.4 Å². The molecule has 0 aliphatic carbocycles. The van der Waals surface area contributed by atoms with Gasteiger partial charge in [0.25, 0.3) is 0 Å². The van der Waals surface area contributed by atoms with E-state index in [9.17, 15) is 4.79 Å². The molecular formula is C14H17N5O3. The van der Waals surface area contributed by atoms with Gasteiger partial charge in [-0.1, -0.05) is 0 Å². The van der Waals surface area contributed by atoms with Crippen LogP contribution in [0.4, 0.5) is 5.82 Å². The number of imidazole rings is 1. The van der Waals surface area contributed by atoms with Crippen LogP contribution in [0.15, 0.2) is 24.8 Å². The van der Waals surface area contributed by atoms with Gasteiger partial charge >= 0.3 is 0 Å². The molecule has 1 saturated heterocycles. The SMILES string of the molecule is COc1cc(NC(=O)[C@@H]2CCO[C@H]2c2nccn2C)ncn1. The molecule has 1 fully saturated rings. The monoisotopic (exact) mass is 303 g/mol. The van der Waals surface area contributed by atoms with Crippen LogP contribution in [0, 0.1) is 5.92 Å². The smallest absolute Gasteiger partial charge is 0.231 e. The Hall–Kier alpha value is -2.48. The normalized spacial score (nSPS) is 20.8. The Morgan fingerprint density at radius 2 is 2.32 bits per heavy atom. The zero-order valence-electron chi connectivity index (χ0n) is 12.4. The molecule has 8 heteroatoms. The second kappa shape index (κ2) is 6.10. The third-order valence-corrected chi connectivity index (χ3v) is 3.64. The van der Waals surface area contributed by atoms with Gasteiger partial charge in [0.05, 0.1) is 13.0 Å². The molecule has 2 aromatic rings. The van der Waals surface area contributed by atoms with Crippen molar-refractivity contribution in [1.82, 2.24) is 19.5 Å². The molecule has 0 spiro atoms. The molecule has 0 radical (unpaired) electrons. The predicted octanol–water partition coefficient (Wildman–Crippen LogP) is 0.935.